The first kappa shape index (κ1) is 12.0. The molecule has 1 aromatic carbocycles. The third kappa shape index (κ3) is 2.01. The lowest BCUT2D eigenvalue weighted by Gasteiger charge is -2.22. The van der Waals surface area contributed by atoms with Crippen LogP contribution in [-0.4, -0.2) is 11.5 Å². The number of halogens is 2. The van der Waals surface area contributed by atoms with Crippen LogP contribution in [0.1, 0.15) is 11.1 Å². The predicted octanol–water partition coefficient (Wildman–Crippen LogP) is 3.70. The largest absolute Gasteiger partial charge is 0.312 e. The topological polar surface area (TPSA) is 24.9 Å². The Kier molecular flexibility index (Phi) is 3.25. The molecule has 0 bridgehead atoms. The number of rotatable bonds is 1. The lowest BCUT2D eigenvalue weighted by Crippen LogP contribution is -2.24. The van der Waals surface area contributed by atoms with Gasteiger partial charge in [-0.25, -0.2) is 0 Å². The van der Waals surface area contributed by atoms with E-state index in [9.17, 15) is 0 Å². The Labute approximate surface area is 116 Å². The van der Waals surface area contributed by atoms with Crippen molar-refractivity contribution in [3.8, 4) is 11.3 Å². The van der Waals surface area contributed by atoms with Gasteiger partial charge in [-0.15, -0.1) is 0 Å². The minimum atomic E-state index is 0.609. The first-order chi connectivity index (χ1) is 8.77. The third-order valence-corrected chi connectivity index (χ3v) is 4.06. The van der Waals surface area contributed by atoms with E-state index >= 15 is 0 Å². The highest BCUT2D eigenvalue weighted by molar-refractivity contribution is 6.42. The van der Waals surface area contributed by atoms with Crippen molar-refractivity contribution in [1.29, 1.82) is 0 Å². The molecule has 0 aliphatic carbocycles. The summed E-state index contributed by atoms with van der Waals surface area (Å²) in [6.45, 7) is 1.76. The van der Waals surface area contributed by atoms with E-state index in [-0.39, 0.29) is 0 Å². The van der Waals surface area contributed by atoms with Crippen LogP contribution in [0, 0.1) is 0 Å². The molecule has 2 aromatic rings. The second kappa shape index (κ2) is 4.88. The number of nitrogens with one attached hydrogen (secondary N) is 1. The average molecular weight is 279 g/mol. The van der Waals surface area contributed by atoms with Gasteiger partial charge in [-0.3, -0.25) is 4.98 Å². The molecule has 2 nitrogen and oxygen atoms in total. The van der Waals surface area contributed by atoms with Crippen molar-refractivity contribution in [3.05, 3.63) is 51.6 Å². The Morgan fingerprint density at radius 3 is 2.83 bits per heavy atom. The Hall–Kier alpha value is -1.09. The maximum atomic E-state index is 6.29. The normalized spacial score (nSPS) is 14.3. The fraction of sp³-hybridized carbons (Fsp3) is 0.214. The molecule has 0 fully saturated rings. The molecule has 0 saturated carbocycles. The van der Waals surface area contributed by atoms with Gasteiger partial charge in [0, 0.05) is 18.3 Å². The molecule has 3 rings (SSSR count). The quantitative estimate of drug-likeness (QED) is 0.861. The van der Waals surface area contributed by atoms with E-state index in [1.54, 1.807) is 6.20 Å². The van der Waals surface area contributed by atoms with Crippen molar-refractivity contribution < 1.29 is 0 Å². The van der Waals surface area contributed by atoms with Crippen molar-refractivity contribution >= 4 is 23.2 Å². The highest BCUT2D eigenvalue weighted by Crippen LogP contribution is 2.37. The van der Waals surface area contributed by atoms with Crippen LogP contribution >= 0.6 is 23.2 Å². The van der Waals surface area contributed by atoms with Gasteiger partial charge < -0.3 is 5.32 Å². The van der Waals surface area contributed by atoms with E-state index in [0.29, 0.717) is 10.0 Å². The Morgan fingerprint density at radius 2 is 2.06 bits per heavy atom. The fourth-order valence-corrected chi connectivity index (χ4v) is 2.84. The van der Waals surface area contributed by atoms with Gasteiger partial charge in [0.1, 0.15) is 0 Å². The minimum Gasteiger partial charge on any atom is -0.312 e. The van der Waals surface area contributed by atoms with Crippen LogP contribution in [0.2, 0.25) is 10.0 Å². The van der Waals surface area contributed by atoms with Crippen LogP contribution in [-0.2, 0) is 13.0 Å². The molecule has 1 aromatic heterocycles. The number of fused-ring (bicyclic) bond motifs is 1. The molecule has 0 amide bonds. The maximum Gasteiger partial charge on any atom is 0.0705 e. The van der Waals surface area contributed by atoms with E-state index in [2.05, 4.69) is 10.3 Å². The van der Waals surface area contributed by atoms with Crippen LogP contribution in [0.15, 0.2) is 30.5 Å². The molecule has 1 aliphatic rings. The van der Waals surface area contributed by atoms with Crippen LogP contribution in [0.3, 0.4) is 0 Å². The molecule has 4 heteroatoms. The molecular formula is C14H12Cl2N2. The third-order valence-electron chi connectivity index (χ3n) is 3.23. The van der Waals surface area contributed by atoms with Crippen molar-refractivity contribution in [2.24, 2.45) is 0 Å². The standard InChI is InChI=1S/C14H12Cl2N2/c15-12-7-10(13-3-1-2-5-18-13)11-8-17-6-4-9(11)14(12)16/h1-3,5,7,17H,4,6,8H2. The van der Waals surface area contributed by atoms with Gasteiger partial charge in [0.15, 0.2) is 0 Å². The molecule has 92 valence electrons. The maximum absolute atomic E-state index is 6.29. The van der Waals surface area contributed by atoms with Gasteiger partial charge >= 0.3 is 0 Å². The second-order valence-corrected chi connectivity index (χ2v) is 5.10. The molecule has 2 heterocycles. The van der Waals surface area contributed by atoms with Gasteiger partial charge in [-0.2, -0.15) is 0 Å². The van der Waals surface area contributed by atoms with Crippen LogP contribution in [0.25, 0.3) is 11.3 Å². The lowest BCUT2D eigenvalue weighted by atomic mass is 9.94. The van der Waals surface area contributed by atoms with Crippen LogP contribution in [0.4, 0.5) is 0 Å². The summed E-state index contributed by atoms with van der Waals surface area (Å²) in [7, 11) is 0. The van der Waals surface area contributed by atoms with E-state index in [4.69, 9.17) is 23.2 Å². The van der Waals surface area contributed by atoms with Crippen LogP contribution < -0.4 is 5.32 Å². The number of pyridine rings is 1. The summed E-state index contributed by atoms with van der Waals surface area (Å²) in [5, 5.41) is 4.67. The minimum absolute atomic E-state index is 0.609. The fourth-order valence-electron chi connectivity index (χ4n) is 2.36. The van der Waals surface area contributed by atoms with Gasteiger partial charge in [-0.05, 0) is 42.3 Å². The number of nitrogens with zero attached hydrogens (tertiary/aromatic N) is 1. The summed E-state index contributed by atoms with van der Waals surface area (Å²) in [6, 6.07) is 7.80. The smallest absolute Gasteiger partial charge is 0.0705 e. The molecule has 0 saturated heterocycles. The van der Waals surface area contributed by atoms with Gasteiger partial charge in [0.05, 0.1) is 15.7 Å². The van der Waals surface area contributed by atoms with E-state index in [1.807, 2.05) is 24.3 Å². The predicted molar refractivity (Wildman–Crippen MR) is 75.1 cm³/mol. The Morgan fingerprint density at radius 1 is 1.17 bits per heavy atom. The Bertz CT molecular complexity index is 582. The Balaban J connectivity index is 2.24. The molecule has 1 N–H and O–H groups in total. The molecule has 0 radical (unpaired) electrons. The van der Waals surface area contributed by atoms with Crippen molar-refractivity contribution in [3.63, 3.8) is 0 Å². The van der Waals surface area contributed by atoms with E-state index in [1.165, 1.54) is 5.56 Å². The summed E-state index contributed by atoms with van der Waals surface area (Å²) in [6.07, 6.45) is 2.70. The second-order valence-electron chi connectivity index (χ2n) is 4.32. The zero-order valence-corrected chi connectivity index (χ0v) is 11.2. The summed E-state index contributed by atoms with van der Waals surface area (Å²) in [4.78, 5) is 4.40. The highest BCUT2D eigenvalue weighted by atomic mass is 35.5. The summed E-state index contributed by atoms with van der Waals surface area (Å²) >= 11 is 12.5. The van der Waals surface area contributed by atoms with Crippen molar-refractivity contribution in [1.82, 2.24) is 10.3 Å². The van der Waals surface area contributed by atoms with E-state index < -0.39 is 0 Å². The van der Waals surface area contributed by atoms with Crippen molar-refractivity contribution in [2.45, 2.75) is 13.0 Å². The van der Waals surface area contributed by atoms with Gasteiger partial charge in [-0.1, -0.05) is 29.3 Å². The average Bonchev–Trinajstić information content (AvgIpc) is 2.44. The number of hydrogen-bond acceptors (Lipinski definition) is 2. The zero-order valence-electron chi connectivity index (χ0n) is 9.71. The number of benzene rings is 1. The summed E-state index contributed by atoms with van der Waals surface area (Å²) < 4.78 is 0. The molecule has 0 atom stereocenters. The lowest BCUT2D eigenvalue weighted by molar-refractivity contribution is 0.645. The van der Waals surface area contributed by atoms with E-state index in [0.717, 1.165) is 36.3 Å². The van der Waals surface area contributed by atoms with Crippen LogP contribution in [0.5, 0.6) is 0 Å². The number of aromatic nitrogens is 1. The summed E-state index contributed by atoms with van der Waals surface area (Å²) in [5.74, 6) is 0. The summed E-state index contributed by atoms with van der Waals surface area (Å²) in [5.41, 5.74) is 4.39. The van der Waals surface area contributed by atoms with Gasteiger partial charge in [0.25, 0.3) is 0 Å². The molecule has 18 heavy (non-hydrogen) atoms. The molecular weight excluding hydrogens is 267 g/mol. The SMILES string of the molecule is Clc1cc(-c2ccccn2)c2c(c1Cl)CCNC2. The van der Waals surface area contributed by atoms with Gasteiger partial charge in [0.2, 0.25) is 0 Å². The number of hydrogen-bond donors (Lipinski definition) is 1. The molecule has 0 unspecified atom stereocenters. The first-order valence-electron chi connectivity index (χ1n) is 5.89. The zero-order chi connectivity index (χ0) is 12.5. The highest BCUT2D eigenvalue weighted by Gasteiger charge is 2.19. The molecule has 0 spiro atoms. The molecule has 1 aliphatic heterocycles. The first-order valence-corrected chi connectivity index (χ1v) is 6.65. The monoisotopic (exact) mass is 278 g/mol. The van der Waals surface area contributed by atoms with Crippen molar-refractivity contribution in [2.75, 3.05) is 6.54 Å².